The maximum atomic E-state index is 12.7. The molecule has 0 radical (unpaired) electrons. The molecule has 0 saturated heterocycles. The lowest BCUT2D eigenvalue weighted by atomic mass is 9.93. The highest BCUT2D eigenvalue weighted by Crippen LogP contribution is 2.28. The molecule has 2 aromatic carbocycles. The van der Waals surface area contributed by atoms with Crippen LogP contribution < -0.4 is 15.0 Å². The average Bonchev–Trinajstić information content (AvgIpc) is 2.71. The number of nitrogens with zero attached hydrogens (tertiary/aromatic N) is 3. The van der Waals surface area contributed by atoms with Gasteiger partial charge in [0, 0.05) is 10.4 Å². The summed E-state index contributed by atoms with van der Waals surface area (Å²) in [5, 5.41) is 11.7. The Labute approximate surface area is 190 Å². The molecular formula is C22H23ClN4O3S. The van der Waals surface area contributed by atoms with Gasteiger partial charge in [-0.1, -0.05) is 44.5 Å². The van der Waals surface area contributed by atoms with Gasteiger partial charge in [-0.25, -0.2) is 0 Å². The van der Waals surface area contributed by atoms with Crippen LogP contribution in [0.25, 0.3) is 0 Å². The van der Waals surface area contributed by atoms with E-state index in [1.807, 2.05) is 51.1 Å². The van der Waals surface area contributed by atoms with Crippen molar-refractivity contribution in [3.05, 3.63) is 79.4 Å². The largest absolute Gasteiger partial charge is 0.493 e. The van der Waals surface area contributed by atoms with Crippen LogP contribution in [0.15, 0.2) is 52.4 Å². The van der Waals surface area contributed by atoms with Gasteiger partial charge in [-0.2, -0.15) is 14.9 Å². The Hall–Kier alpha value is -2.97. The molecule has 1 N–H and O–H groups in total. The highest BCUT2D eigenvalue weighted by molar-refractivity contribution is 7.71. The first kappa shape index (κ1) is 22.7. The first-order valence-corrected chi connectivity index (χ1v) is 10.3. The van der Waals surface area contributed by atoms with Gasteiger partial charge >= 0.3 is 0 Å². The third-order valence-electron chi connectivity index (χ3n) is 4.35. The number of hydrogen-bond acceptors (Lipinski definition) is 6. The SMILES string of the molecule is COc1cc(/C=N\n2c(=S)[nH]nc(C(C)(C)C)c2=O)ccc1OCc1cccc(Cl)c1. The van der Waals surface area contributed by atoms with Gasteiger partial charge in [0.25, 0.3) is 5.56 Å². The van der Waals surface area contributed by atoms with Gasteiger partial charge in [-0.05, 0) is 53.7 Å². The highest BCUT2D eigenvalue weighted by Gasteiger charge is 2.21. The normalized spacial score (nSPS) is 11.6. The Bertz CT molecular complexity index is 1230. The smallest absolute Gasteiger partial charge is 0.297 e. The number of methoxy groups -OCH3 is 1. The van der Waals surface area contributed by atoms with E-state index in [2.05, 4.69) is 15.3 Å². The summed E-state index contributed by atoms with van der Waals surface area (Å²) < 4.78 is 12.5. The maximum absolute atomic E-state index is 12.7. The first-order chi connectivity index (χ1) is 14.7. The van der Waals surface area contributed by atoms with Gasteiger partial charge < -0.3 is 9.47 Å². The molecule has 31 heavy (non-hydrogen) atoms. The van der Waals surface area contributed by atoms with Gasteiger partial charge in [0.2, 0.25) is 4.77 Å². The van der Waals surface area contributed by atoms with E-state index in [1.54, 1.807) is 19.2 Å². The lowest BCUT2D eigenvalue weighted by molar-refractivity contribution is 0.284. The van der Waals surface area contributed by atoms with Crippen LogP contribution in [-0.2, 0) is 12.0 Å². The molecular weight excluding hydrogens is 436 g/mol. The van der Waals surface area contributed by atoms with Crippen molar-refractivity contribution in [2.75, 3.05) is 7.11 Å². The zero-order valence-corrected chi connectivity index (χ0v) is 19.3. The quantitative estimate of drug-likeness (QED) is 0.427. The molecule has 7 nitrogen and oxygen atoms in total. The topological polar surface area (TPSA) is 81.5 Å². The fourth-order valence-corrected chi connectivity index (χ4v) is 3.17. The molecule has 0 saturated carbocycles. The van der Waals surface area contributed by atoms with Crippen LogP contribution in [0.1, 0.15) is 37.6 Å². The molecule has 0 atom stereocenters. The number of H-pyrrole nitrogens is 1. The number of aromatic amines is 1. The molecule has 3 aromatic rings. The monoisotopic (exact) mass is 458 g/mol. The van der Waals surface area contributed by atoms with Crippen LogP contribution in [0, 0.1) is 4.77 Å². The number of ether oxygens (including phenoxy) is 2. The zero-order chi connectivity index (χ0) is 22.6. The summed E-state index contributed by atoms with van der Waals surface area (Å²) in [6.07, 6.45) is 1.53. The first-order valence-electron chi connectivity index (χ1n) is 9.51. The van der Waals surface area contributed by atoms with E-state index in [4.69, 9.17) is 33.3 Å². The van der Waals surface area contributed by atoms with E-state index < -0.39 is 5.41 Å². The molecule has 0 unspecified atom stereocenters. The van der Waals surface area contributed by atoms with Crippen molar-refractivity contribution < 1.29 is 9.47 Å². The molecule has 3 rings (SSSR count). The molecule has 0 aliphatic heterocycles. The minimum absolute atomic E-state index is 0.114. The Kier molecular flexibility index (Phi) is 6.92. The lowest BCUT2D eigenvalue weighted by Crippen LogP contribution is -2.32. The van der Waals surface area contributed by atoms with Gasteiger partial charge in [0.05, 0.1) is 13.3 Å². The highest BCUT2D eigenvalue weighted by atomic mass is 35.5. The molecule has 0 fully saturated rings. The predicted octanol–water partition coefficient (Wildman–Crippen LogP) is 4.72. The second kappa shape index (κ2) is 9.45. The molecule has 0 aliphatic carbocycles. The van der Waals surface area contributed by atoms with Crippen molar-refractivity contribution in [1.29, 1.82) is 0 Å². The summed E-state index contributed by atoms with van der Waals surface area (Å²) in [7, 11) is 1.56. The number of nitrogens with one attached hydrogen (secondary N) is 1. The minimum atomic E-state index is -0.445. The lowest BCUT2D eigenvalue weighted by Gasteiger charge is -2.16. The van der Waals surface area contributed by atoms with Crippen LogP contribution >= 0.6 is 23.8 Å². The van der Waals surface area contributed by atoms with Crippen molar-refractivity contribution in [2.24, 2.45) is 5.10 Å². The van der Waals surface area contributed by atoms with Crippen LogP contribution in [-0.4, -0.2) is 28.2 Å². The Balaban J connectivity index is 1.84. The summed E-state index contributed by atoms with van der Waals surface area (Å²) in [5.41, 5.74) is 1.20. The minimum Gasteiger partial charge on any atom is -0.493 e. The van der Waals surface area contributed by atoms with Crippen molar-refractivity contribution in [2.45, 2.75) is 32.8 Å². The van der Waals surface area contributed by atoms with E-state index in [0.29, 0.717) is 34.4 Å². The van der Waals surface area contributed by atoms with Crippen molar-refractivity contribution in [1.82, 2.24) is 14.9 Å². The fourth-order valence-electron chi connectivity index (χ4n) is 2.78. The van der Waals surface area contributed by atoms with Crippen LogP contribution in [0.2, 0.25) is 5.02 Å². The van der Waals surface area contributed by atoms with Gasteiger partial charge in [0.1, 0.15) is 12.3 Å². The summed E-state index contributed by atoms with van der Waals surface area (Å²) in [6, 6.07) is 12.8. The molecule has 1 heterocycles. The standard InChI is InChI=1S/C22H23ClN4O3S/c1-22(2,3)19-20(28)27(21(31)26-25-19)24-12-14-8-9-17(18(11-14)29-4)30-13-15-6-5-7-16(23)10-15/h5-12H,13H2,1-4H3,(H,26,31)/b24-12-. The van der Waals surface area contributed by atoms with E-state index in [9.17, 15) is 4.79 Å². The van der Waals surface area contributed by atoms with E-state index >= 15 is 0 Å². The van der Waals surface area contributed by atoms with Crippen molar-refractivity contribution >= 4 is 30.0 Å². The number of benzene rings is 2. The number of rotatable bonds is 6. The Morgan fingerprint density at radius 2 is 2.00 bits per heavy atom. The van der Waals surface area contributed by atoms with E-state index in [1.165, 1.54) is 6.21 Å². The summed E-state index contributed by atoms with van der Waals surface area (Å²) in [6.45, 7) is 6.04. The number of aromatic nitrogens is 3. The Morgan fingerprint density at radius 3 is 2.68 bits per heavy atom. The molecule has 1 aromatic heterocycles. The van der Waals surface area contributed by atoms with Gasteiger partial charge in [-0.15, -0.1) is 0 Å². The Morgan fingerprint density at radius 1 is 1.23 bits per heavy atom. The molecule has 0 amide bonds. The van der Waals surface area contributed by atoms with Crippen molar-refractivity contribution in [3.63, 3.8) is 0 Å². The summed E-state index contributed by atoms with van der Waals surface area (Å²) >= 11 is 11.2. The second-order valence-corrected chi connectivity index (χ2v) is 8.64. The van der Waals surface area contributed by atoms with Crippen LogP contribution in [0.3, 0.4) is 0 Å². The van der Waals surface area contributed by atoms with Gasteiger partial charge in [-0.3, -0.25) is 9.89 Å². The maximum Gasteiger partial charge on any atom is 0.297 e. The van der Waals surface area contributed by atoms with Crippen LogP contribution in [0.4, 0.5) is 0 Å². The summed E-state index contributed by atoms with van der Waals surface area (Å²) in [4.78, 5) is 12.7. The number of halogens is 1. The van der Waals surface area contributed by atoms with E-state index in [-0.39, 0.29) is 10.3 Å². The predicted molar refractivity (Wildman–Crippen MR) is 124 cm³/mol. The molecule has 162 valence electrons. The third-order valence-corrected chi connectivity index (χ3v) is 4.85. The third kappa shape index (κ3) is 5.59. The molecule has 0 spiro atoms. The molecule has 0 aliphatic rings. The zero-order valence-electron chi connectivity index (χ0n) is 17.7. The number of hydrogen-bond donors (Lipinski definition) is 1. The second-order valence-electron chi connectivity index (χ2n) is 7.82. The van der Waals surface area contributed by atoms with Crippen LogP contribution in [0.5, 0.6) is 11.5 Å². The fraction of sp³-hybridized carbons (Fsp3) is 0.273. The van der Waals surface area contributed by atoms with Crippen molar-refractivity contribution in [3.8, 4) is 11.5 Å². The van der Waals surface area contributed by atoms with Gasteiger partial charge in [0.15, 0.2) is 11.5 Å². The molecule has 0 bridgehead atoms. The van der Waals surface area contributed by atoms with E-state index in [0.717, 1.165) is 10.2 Å². The average molecular weight is 459 g/mol. The summed E-state index contributed by atoms with van der Waals surface area (Å²) in [5.74, 6) is 1.11. The molecule has 9 heteroatoms.